The van der Waals surface area contributed by atoms with Crippen molar-refractivity contribution in [1.29, 1.82) is 0 Å². The fraction of sp³-hybridized carbons (Fsp3) is 0.267. The van der Waals surface area contributed by atoms with Gasteiger partial charge in [-0.3, -0.25) is 4.79 Å². The number of hydrogen-bond acceptors (Lipinski definition) is 4. The standard InChI is InChI=1S/C15H14BrFN2O3S2/c16-14-9-11(10-23-14)15(20)18-5-7-19(8-6-18)24(21,22)13-4-2-1-3-12(13)17/h1-4,9-10H,5-8H2. The molecular weight excluding hydrogens is 419 g/mol. The quantitative estimate of drug-likeness (QED) is 0.748. The molecule has 1 saturated heterocycles. The minimum absolute atomic E-state index is 0.125. The highest BCUT2D eigenvalue weighted by molar-refractivity contribution is 9.11. The van der Waals surface area contributed by atoms with Crippen molar-refractivity contribution in [2.75, 3.05) is 26.2 Å². The Morgan fingerprint density at radius 2 is 1.83 bits per heavy atom. The summed E-state index contributed by atoms with van der Waals surface area (Å²) in [7, 11) is -3.89. The zero-order chi connectivity index (χ0) is 17.3. The van der Waals surface area contributed by atoms with Gasteiger partial charge in [-0.05, 0) is 34.1 Å². The first kappa shape index (κ1) is 17.5. The van der Waals surface area contributed by atoms with E-state index >= 15 is 0 Å². The molecule has 2 heterocycles. The van der Waals surface area contributed by atoms with E-state index in [0.29, 0.717) is 5.56 Å². The third-order valence-corrected chi connectivity index (χ3v) is 7.23. The van der Waals surface area contributed by atoms with E-state index in [-0.39, 0.29) is 37.0 Å². The van der Waals surface area contributed by atoms with Gasteiger partial charge in [-0.25, -0.2) is 12.8 Å². The van der Waals surface area contributed by atoms with Crippen molar-refractivity contribution in [2.45, 2.75) is 4.90 Å². The van der Waals surface area contributed by atoms with Gasteiger partial charge in [0, 0.05) is 31.6 Å². The Morgan fingerprint density at radius 1 is 1.17 bits per heavy atom. The van der Waals surface area contributed by atoms with E-state index in [1.54, 1.807) is 16.3 Å². The summed E-state index contributed by atoms with van der Waals surface area (Å²) in [5.74, 6) is -0.890. The van der Waals surface area contributed by atoms with Crippen LogP contribution in [-0.4, -0.2) is 49.7 Å². The molecule has 1 aliphatic rings. The lowest BCUT2D eigenvalue weighted by molar-refractivity contribution is 0.0698. The van der Waals surface area contributed by atoms with Crippen molar-refractivity contribution in [3.8, 4) is 0 Å². The Bertz CT molecular complexity index is 861. The van der Waals surface area contributed by atoms with Crippen LogP contribution in [0.15, 0.2) is 44.4 Å². The number of thiophene rings is 1. The smallest absolute Gasteiger partial charge is 0.254 e. The van der Waals surface area contributed by atoms with E-state index in [2.05, 4.69) is 15.9 Å². The molecule has 1 amide bonds. The van der Waals surface area contributed by atoms with Crippen LogP contribution in [0, 0.1) is 5.82 Å². The largest absolute Gasteiger partial charge is 0.336 e. The van der Waals surface area contributed by atoms with Gasteiger partial charge in [-0.1, -0.05) is 12.1 Å². The van der Waals surface area contributed by atoms with Crippen LogP contribution < -0.4 is 0 Å². The SMILES string of the molecule is O=C(c1csc(Br)c1)N1CCN(S(=O)(=O)c2ccccc2F)CC1. The Kier molecular flexibility index (Phi) is 5.05. The molecule has 0 aliphatic carbocycles. The number of rotatable bonds is 3. The maximum Gasteiger partial charge on any atom is 0.254 e. The molecule has 0 bridgehead atoms. The zero-order valence-corrected chi connectivity index (χ0v) is 15.7. The number of nitrogens with zero attached hydrogens (tertiary/aromatic N) is 2. The molecule has 1 aliphatic heterocycles. The molecule has 0 N–H and O–H groups in total. The van der Waals surface area contributed by atoms with Crippen molar-refractivity contribution in [3.63, 3.8) is 0 Å². The summed E-state index contributed by atoms with van der Waals surface area (Å²) in [5.41, 5.74) is 0.581. The Morgan fingerprint density at radius 3 is 2.42 bits per heavy atom. The maximum absolute atomic E-state index is 13.8. The highest BCUT2D eigenvalue weighted by Crippen LogP contribution is 2.24. The third-order valence-electron chi connectivity index (χ3n) is 3.79. The summed E-state index contributed by atoms with van der Waals surface area (Å²) in [6.45, 7) is 0.849. The van der Waals surface area contributed by atoms with Gasteiger partial charge in [-0.15, -0.1) is 11.3 Å². The van der Waals surface area contributed by atoms with Crippen molar-refractivity contribution in [1.82, 2.24) is 9.21 Å². The first-order valence-corrected chi connectivity index (χ1v) is 10.3. The van der Waals surface area contributed by atoms with Crippen LogP contribution in [0.1, 0.15) is 10.4 Å². The number of amides is 1. The number of sulfonamides is 1. The zero-order valence-electron chi connectivity index (χ0n) is 12.5. The predicted molar refractivity (Wildman–Crippen MR) is 93.1 cm³/mol. The predicted octanol–water partition coefficient (Wildman–Crippen LogP) is 2.80. The van der Waals surface area contributed by atoms with Gasteiger partial charge >= 0.3 is 0 Å². The summed E-state index contributed by atoms with van der Waals surface area (Å²) >= 11 is 4.74. The average molecular weight is 433 g/mol. The van der Waals surface area contributed by atoms with Crippen LogP contribution in [0.2, 0.25) is 0 Å². The molecule has 1 aromatic heterocycles. The molecule has 2 aromatic rings. The fourth-order valence-corrected chi connectivity index (χ4v) is 5.15. The van der Waals surface area contributed by atoms with Crippen LogP contribution >= 0.6 is 27.3 Å². The van der Waals surface area contributed by atoms with E-state index in [1.165, 1.54) is 33.8 Å². The van der Waals surface area contributed by atoms with Crippen molar-refractivity contribution in [2.24, 2.45) is 0 Å². The minimum Gasteiger partial charge on any atom is -0.336 e. The molecule has 0 unspecified atom stereocenters. The number of halogens is 2. The first-order chi connectivity index (χ1) is 11.4. The number of benzene rings is 1. The highest BCUT2D eigenvalue weighted by atomic mass is 79.9. The average Bonchev–Trinajstić information content (AvgIpc) is 3.01. The van der Waals surface area contributed by atoms with Gasteiger partial charge in [-0.2, -0.15) is 4.31 Å². The second kappa shape index (κ2) is 6.91. The van der Waals surface area contributed by atoms with Crippen molar-refractivity contribution in [3.05, 3.63) is 50.9 Å². The summed E-state index contributed by atoms with van der Waals surface area (Å²) in [5, 5.41) is 1.76. The van der Waals surface area contributed by atoms with E-state index in [1.807, 2.05) is 0 Å². The number of hydrogen-bond donors (Lipinski definition) is 0. The number of piperazine rings is 1. The highest BCUT2D eigenvalue weighted by Gasteiger charge is 2.32. The number of carbonyl (C=O) groups excluding carboxylic acids is 1. The Balaban J connectivity index is 1.71. The summed E-state index contributed by atoms with van der Waals surface area (Å²) in [6, 6.07) is 7.07. The molecule has 24 heavy (non-hydrogen) atoms. The maximum atomic E-state index is 13.8. The molecule has 5 nitrogen and oxygen atoms in total. The minimum atomic E-state index is -3.89. The molecule has 9 heteroatoms. The van der Waals surface area contributed by atoms with E-state index < -0.39 is 15.8 Å². The van der Waals surface area contributed by atoms with Gasteiger partial charge in [0.15, 0.2) is 0 Å². The van der Waals surface area contributed by atoms with Crippen molar-refractivity contribution >= 4 is 43.2 Å². The van der Waals surface area contributed by atoms with Crippen molar-refractivity contribution < 1.29 is 17.6 Å². The normalized spacial score (nSPS) is 16.3. The molecule has 0 atom stereocenters. The summed E-state index contributed by atoms with van der Waals surface area (Å²) in [6.07, 6.45) is 0. The second-order valence-electron chi connectivity index (χ2n) is 5.27. The topological polar surface area (TPSA) is 57.7 Å². The van der Waals surface area contributed by atoms with Gasteiger partial charge < -0.3 is 4.90 Å². The van der Waals surface area contributed by atoms with Gasteiger partial charge in [0.05, 0.1) is 9.35 Å². The molecule has 3 rings (SSSR count). The van der Waals surface area contributed by atoms with E-state index in [4.69, 9.17) is 0 Å². The molecule has 1 aromatic carbocycles. The van der Waals surface area contributed by atoms with Crippen LogP contribution in [0.5, 0.6) is 0 Å². The van der Waals surface area contributed by atoms with Crippen LogP contribution in [-0.2, 0) is 10.0 Å². The molecular formula is C15H14BrFN2O3S2. The fourth-order valence-electron chi connectivity index (χ4n) is 2.53. The van der Waals surface area contributed by atoms with E-state index in [9.17, 15) is 17.6 Å². The lowest BCUT2D eigenvalue weighted by Gasteiger charge is -2.33. The van der Waals surface area contributed by atoms with Crippen LogP contribution in [0.25, 0.3) is 0 Å². The lowest BCUT2D eigenvalue weighted by Crippen LogP contribution is -2.50. The van der Waals surface area contributed by atoms with E-state index in [0.717, 1.165) is 9.85 Å². The first-order valence-electron chi connectivity index (χ1n) is 7.17. The molecule has 1 fully saturated rings. The van der Waals surface area contributed by atoms with Crippen LogP contribution in [0.4, 0.5) is 4.39 Å². The lowest BCUT2D eigenvalue weighted by atomic mass is 10.2. The van der Waals surface area contributed by atoms with Gasteiger partial charge in [0.25, 0.3) is 5.91 Å². The monoisotopic (exact) mass is 432 g/mol. The number of carbonyl (C=O) groups is 1. The third kappa shape index (κ3) is 3.39. The van der Waals surface area contributed by atoms with Gasteiger partial charge in [0.1, 0.15) is 10.7 Å². The Hall–Kier alpha value is -1.29. The summed E-state index contributed by atoms with van der Waals surface area (Å²) < 4.78 is 41.0. The Labute approximate surface area is 151 Å². The van der Waals surface area contributed by atoms with Gasteiger partial charge in [0.2, 0.25) is 10.0 Å². The molecule has 0 radical (unpaired) electrons. The molecule has 128 valence electrons. The molecule has 0 saturated carbocycles. The molecule has 0 spiro atoms. The van der Waals surface area contributed by atoms with Crippen LogP contribution in [0.3, 0.4) is 0 Å². The summed E-state index contributed by atoms with van der Waals surface area (Å²) in [4.78, 5) is 13.7. The second-order valence-corrected chi connectivity index (χ2v) is 9.46.